The molecular formula is C14H17Cl2N3. The van der Waals surface area contributed by atoms with Crippen LogP contribution in [-0.2, 0) is 13.5 Å². The molecule has 2 aromatic rings. The molecule has 1 aromatic carbocycles. The molecule has 102 valence electrons. The van der Waals surface area contributed by atoms with Crippen LogP contribution >= 0.6 is 23.2 Å². The van der Waals surface area contributed by atoms with Crippen molar-refractivity contribution < 1.29 is 0 Å². The molecule has 1 atom stereocenters. The van der Waals surface area contributed by atoms with Crippen molar-refractivity contribution in [1.82, 2.24) is 15.1 Å². The number of benzene rings is 1. The van der Waals surface area contributed by atoms with E-state index in [2.05, 4.69) is 10.4 Å². The van der Waals surface area contributed by atoms with Crippen molar-refractivity contribution in [2.24, 2.45) is 7.05 Å². The van der Waals surface area contributed by atoms with Crippen LogP contribution in [0.2, 0.25) is 10.0 Å². The summed E-state index contributed by atoms with van der Waals surface area (Å²) in [6.45, 7) is 0. The van der Waals surface area contributed by atoms with E-state index in [9.17, 15) is 0 Å². The molecule has 19 heavy (non-hydrogen) atoms. The molecule has 1 heterocycles. The average Bonchev–Trinajstić information content (AvgIpc) is 2.80. The van der Waals surface area contributed by atoms with E-state index in [1.807, 2.05) is 49.2 Å². The highest BCUT2D eigenvalue weighted by Gasteiger charge is 2.12. The van der Waals surface area contributed by atoms with E-state index in [-0.39, 0.29) is 6.04 Å². The van der Waals surface area contributed by atoms with Crippen LogP contribution in [0.4, 0.5) is 0 Å². The van der Waals surface area contributed by atoms with Crippen LogP contribution in [0.25, 0.3) is 0 Å². The van der Waals surface area contributed by atoms with Gasteiger partial charge in [-0.3, -0.25) is 4.68 Å². The van der Waals surface area contributed by atoms with Crippen molar-refractivity contribution in [3.63, 3.8) is 0 Å². The number of nitrogens with zero attached hydrogens (tertiary/aromatic N) is 2. The smallest absolute Gasteiger partial charge is 0.0595 e. The average molecular weight is 298 g/mol. The third-order valence-electron chi connectivity index (χ3n) is 3.31. The summed E-state index contributed by atoms with van der Waals surface area (Å²) in [6.07, 6.45) is 3.76. The monoisotopic (exact) mass is 297 g/mol. The topological polar surface area (TPSA) is 29.9 Å². The predicted octanol–water partition coefficient (Wildman–Crippen LogP) is 3.62. The van der Waals surface area contributed by atoms with Crippen LogP contribution in [0.1, 0.15) is 23.7 Å². The molecular weight excluding hydrogens is 281 g/mol. The molecule has 1 aromatic heterocycles. The lowest BCUT2D eigenvalue weighted by atomic mass is 10.0. The summed E-state index contributed by atoms with van der Waals surface area (Å²) in [5.41, 5.74) is 2.37. The van der Waals surface area contributed by atoms with Gasteiger partial charge in [-0.15, -0.1) is 0 Å². The van der Waals surface area contributed by atoms with Crippen molar-refractivity contribution in [2.45, 2.75) is 18.9 Å². The zero-order chi connectivity index (χ0) is 13.8. The molecule has 0 aliphatic rings. The first kappa shape index (κ1) is 14.4. The molecule has 0 spiro atoms. The molecule has 0 fully saturated rings. The van der Waals surface area contributed by atoms with Gasteiger partial charge in [-0.1, -0.05) is 29.3 Å². The van der Waals surface area contributed by atoms with Crippen LogP contribution in [-0.4, -0.2) is 16.8 Å². The Kier molecular flexibility index (Phi) is 4.86. The van der Waals surface area contributed by atoms with E-state index in [4.69, 9.17) is 23.2 Å². The lowest BCUT2D eigenvalue weighted by Gasteiger charge is -2.17. The van der Waals surface area contributed by atoms with E-state index in [1.54, 1.807) is 0 Å². The van der Waals surface area contributed by atoms with Gasteiger partial charge in [0.1, 0.15) is 0 Å². The Labute approximate surface area is 123 Å². The quantitative estimate of drug-likeness (QED) is 0.913. The number of aryl methyl sites for hydroxylation is 2. The maximum atomic E-state index is 6.07. The summed E-state index contributed by atoms with van der Waals surface area (Å²) in [4.78, 5) is 0. The standard InChI is InChI=1S/C14H17Cl2N3/c1-17-14(6-4-11-7-8-18-19(11)2)10-3-5-12(15)13(16)9-10/h3,5,7-9,14,17H,4,6H2,1-2H3. The first-order valence-electron chi connectivity index (χ1n) is 6.21. The molecule has 1 N–H and O–H groups in total. The number of aromatic nitrogens is 2. The van der Waals surface area contributed by atoms with Crippen LogP contribution in [0.15, 0.2) is 30.5 Å². The number of hydrogen-bond donors (Lipinski definition) is 1. The van der Waals surface area contributed by atoms with Gasteiger partial charge in [0.05, 0.1) is 10.0 Å². The molecule has 2 rings (SSSR count). The van der Waals surface area contributed by atoms with E-state index >= 15 is 0 Å². The second-order valence-electron chi connectivity index (χ2n) is 4.50. The number of rotatable bonds is 5. The highest BCUT2D eigenvalue weighted by atomic mass is 35.5. The first-order chi connectivity index (χ1) is 9.11. The van der Waals surface area contributed by atoms with Crippen molar-refractivity contribution >= 4 is 23.2 Å². The summed E-state index contributed by atoms with van der Waals surface area (Å²) < 4.78 is 1.90. The predicted molar refractivity (Wildman–Crippen MR) is 79.8 cm³/mol. The van der Waals surface area contributed by atoms with Crippen molar-refractivity contribution in [3.05, 3.63) is 51.8 Å². The van der Waals surface area contributed by atoms with Crippen molar-refractivity contribution in [3.8, 4) is 0 Å². The molecule has 0 saturated heterocycles. The molecule has 0 aliphatic heterocycles. The summed E-state index contributed by atoms with van der Waals surface area (Å²) in [7, 11) is 3.92. The summed E-state index contributed by atoms with van der Waals surface area (Å²) in [5, 5.41) is 8.68. The van der Waals surface area contributed by atoms with Crippen LogP contribution in [0, 0.1) is 0 Å². The van der Waals surface area contributed by atoms with Gasteiger partial charge in [-0.2, -0.15) is 5.10 Å². The fourth-order valence-electron chi connectivity index (χ4n) is 2.15. The van der Waals surface area contributed by atoms with E-state index in [0.29, 0.717) is 10.0 Å². The van der Waals surface area contributed by atoms with Gasteiger partial charge in [0.2, 0.25) is 0 Å². The zero-order valence-corrected chi connectivity index (χ0v) is 12.5. The molecule has 0 aliphatic carbocycles. The Morgan fingerprint density at radius 3 is 2.63 bits per heavy atom. The maximum absolute atomic E-state index is 6.07. The molecule has 0 saturated carbocycles. The largest absolute Gasteiger partial charge is 0.313 e. The van der Waals surface area contributed by atoms with Crippen molar-refractivity contribution in [2.75, 3.05) is 7.05 Å². The Morgan fingerprint density at radius 2 is 2.05 bits per heavy atom. The highest BCUT2D eigenvalue weighted by Crippen LogP contribution is 2.27. The fourth-order valence-corrected chi connectivity index (χ4v) is 2.45. The molecule has 5 heteroatoms. The molecule has 0 amide bonds. The van der Waals surface area contributed by atoms with Gasteiger partial charge in [0.25, 0.3) is 0 Å². The minimum absolute atomic E-state index is 0.254. The van der Waals surface area contributed by atoms with Crippen LogP contribution in [0.5, 0.6) is 0 Å². The summed E-state index contributed by atoms with van der Waals surface area (Å²) in [6, 6.07) is 8.08. The third-order valence-corrected chi connectivity index (χ3v) is 4.05. The first-order valence-corrected chi connectivity index (χ1v) is 6.96. The van der Waals surface area contributed by atoms with E-state index < -0.39 is 0 Å². The summed E-state index contributed by atoms with van der Waals surface area (Å²) in [5.74, 6) is 0. The second kappa shape index (κ2) is 6.42. The van der Waals surface area contributed by atoms with Crippen LogP contribution in [0.3, 0.4) is 0 Å². The molecule has 0 radical (unpaired) electrons. The van der Waals surface area contributed by atoms with Gasteiger partial charge in [0, 0.05) is 25.0 Å². The fraction of sp³-hybridized carbons (Fsp3) is 0.357. The SMILES string of the molecule is CNC(CCc1ccnn1C)c1ccc(Cl)c(Cl)c1. The Morgan fingerprint density at radius 1 is 1.26 bits per heavy atom. The maximum Gasteiger partial charge on any atom is 0.0595 e. The van der Waals surface area contributed by atoms with E-state index in [1.165, 1.54) is 5.69 Å². The van der Waals surface area contributed by atoms with Crippen LogP contribution < -0.4 is 5.32 Å². The second-order valence-corrected chi connectivity index (χ2v) is 5.31. The van der Waals surface area contributed by atoms with Gasteiger partial charge < -0.3 is 5.32 Å². The lowest BCUT2D eigenvalue weighted by molar-refractivity contribution is 0.536. The summed E-state index contributed by atoms with van der Waals surface area (Å²) >= 11 is 12.0. The third kappa shape index (κ3) is 3.50. The number of hydrogen-bond acceptors (Lipinski definition) is 2. The Bertz CT molecular complexity index is 551. The van der Waals surface area contributed by atoms with Gasteiger partial charge in [-0.05, 0) is 43.7 Å². The van der Waals surface area contributed by atoms with Gasteiger partial charge in [0.15, 0.2) is 0 Å². The van der Waals surface area contributed by atoms with E-state index in [0.717, 1.165) is 18.4 Å². The van der Waals surface area contributed by atoms with Gasteiger partial charge in [-0.25, -0.2) is 0 Å². The van der Waals surface area contributed by atoms with Crippen molar-refractivity contribution in [1.29, 1.82) is 0 Å². The highest BCUT2D eigenvalue weighted by molar-refractivity contribution is 6.42. The molecule has 3 nitrogen and oxygen atoms in total. The zero-order valence-electron chi connectivity index (χ0n) is 11.0. The van der Waals surface area contributed by atoms with Gasteiger partial charge >= 0.3 is 0 Å². The Hall–Kier alpha value is -1.03. The minimum Gasteiger partial charge on any atom is -0.313 e. The normalized spacial score (nSPS) is 12.6. The number of halogens is 2. The molecule has 1 unspecified atom stereocenters. The number of nitrogens with one attached hydrogen (secondary N) is 1. The minimum atomic E-state index is 0.254. The Balaban J connectivity index is 2.07. The lowest BCUT2D eigenvalue weighted by Crippen LogP contribution is -2.17. The molecule has 0 bridgehead atoms.